The summed E-state index contributed by atoms with van der Waals surface area (Å²) in [5, 5.41) is 18.0. The summed E-state index contributed by atoms with van der Waals surface area (Å²) >= 11 is 0. The second-order valence-electron chi connectivity index (χ2n) is 6.39. The lowest BCUT2D eigenvalue weighted by Crippen LogP contribution is -2.48. The summed E-state index contributed by atoms with van der Waals surface area (Å²) in [6.07, 6.45) is 0.953. The summed E-state index contributed by atoms with van der Waals surface area (Å²) in [7, 11) is 1.91. The molecule has 2 aromatic heterocycles. The quantitative estimate of drug-likeness (QED) is 0.782. The van der Waals surface area contributed by atoms with E-state index >= 15 is 0 Å². The molecule has 1 aliphatic rings. The fourth-order valence-corrected chi connectivity index (χ4v) is 3.19. The summed E-state index contributed by atoms with van der Waals surface area (Å²) in [4.78, 5) is 12.5. The minimum Gasteiger partial charge on any atom is -0.348 e. The van der Waals surface area contributed by atoms with Crippen LogP contribution in [-0.4, -0.2) is 45.0 Å². The van der Waals surface area contributed by atoms with Crippen molar-refractivity contribution in [3.63, 3.8) is 0 Å². The Hall–Kier alpha value is -1.86. The van der Waals surface area contributed by atoms with E-state index in [4.69, 9.17) is 0 Å². The molecule has 132 valence electrons. The maximum atomic E-state index is 12.5. The summed E-state index contributed by atoms with van der Waals surface area (Å²) in [6, 6.07) is 2.01. The molecule has 24 heavy (non-hydrogen) atoms. The van der Waals surface area contributed by atoms with Crippen molar-refractivity contribution in [3.8, 4) is 11.3 Å². The van der Waals surface area contributed by atoms with Crippen LogP contribution in [0.2, 0.25) is 0 Å². The number of nitrogens with one attached hydrogen (secondary N) is 3. The van der Waals surface area contributed by atoms with Crippen molar-refractivity contribution in [2.75, 3.05) is 13.1 Å². The van der Waals surface area contributed by atoms with E-state index in [1.807, 2.05) is 25.6 Å². The number of nitrogens with zero attached hydrogens (tertiary/aromatic N) is 3. The van der Waals surface area contributed by atoms with Crippen LogP contribution in [0.25, 0.3) is 11.3 Å². The second kappa shape index (κ2) is 7.36. The van der Waals surface area contributed by atoms with E-state index in [0.29, 0.717) is 11.6 Å². The zero-order valence-corrected chi connectivity index (χ0v) is 15.3. The highest BCUT2D eigenvalue weighted by molar-refractivity contribution is 5.93. The second-order valence-corrected chi connectivity index (χ2v) is 6.39. The topological polar surface area (TPSA) is 87.6 Å². The van der Waals surface area contributed by atoms with Gasteiger partial charge >= 0.3 is 0 Å². The predicted octanol–water partition coefficient (Wildman–Crippen LogP) is 1.58. The predicted molar refractivity (Wildman–Crippen MR) is 95.4 cm³/mol. The Morgan fingerprint density at radius 1 is 1.42 bits per heavy atom. The number of aryl methyl sites for hydroxylation is 2. The van der Waals surface area contributed by atoms with Gasteiger partial charge in [-0.3, -0.25) is 14.6 Å². The van der Waals surface area contributed by atoms with E-state index in [1.165, 1.54) is 0 Å². The molecule has 1 amide bonds. The van der Waals surface area contributed by atoms with Crippen LogP contribution in [0, 0.1) is 19.8 Å². The van der Waals surface area contributed by atoms with Gasteiger partial charge in [0.05, 0.1) is 11.4 Å². The van der Waals surface area contributed by atoms with Crippen molar-refractivity contribution in [1.29, 1.82) is 0 Å². The third-order valence-corrected chi connectivity index (χ3v) is 4.69. The fourth-order valence-electron chi connectivity index (χ4n) is 3.19. The number of carbonyl (C=O) groups excluding carboxylic acids is 1. The normalized spacial score (nSPS) is 20.5. The molecule has 0 spiro atoms. The highest BCUT2D eigenvalue weighted by atomic mass is 35.5. The molecule has 3 heterocycles. The first-order valence-electron chi connectivity index (χ1n) is 8.05. The molecule has 1 fully saturated rings. The number of rotatable bonds is 3. The third-order valence-electron chi connectivity index (χ3n) is 4.69. The zero-order chi connectivity index (χ0) is 16.6. The van der Waals surface area contributed by atoms with Crippen molar-refractivity contribution in [2.45, 2.75) is 33.2 Å². The standard InChI is InChI=1S/C16H24N6O.ClH/c1-9-8-17-6-5-12(9)18-16(23)14-7-13(19-20-14)15-10(2)21-22(4)11(15)3;/h7,9,12,17H,5-6,8H2,1-4H3,(H,18,23)(H,19,20);1H. The van der Waals surface area contributed by atoms with Gasteiger partial charge in [0.15, 0.2) is 0 Å². The van der Waals surface area contributed by atoms with E-state index in [2.05, 4.69) is 32.9 Å². The number of amides is 1. The average molecular weight is 353 g/mol. The van der Waals surface area contributed by atoms with Crippen LogP contribution in [-0.2, 0) is 7.05 Å². The van der Waals surface area contributed by atoms with Gasteiger partial charge in [0.2, 0.25) is 0 Å². The van der Waals surface area contributed by atoms with E-state index in [1.54, 1.807) is 6.07 Å². The van der Waals surface area contributed by atoms with Gasteiger partial charge in [-0.2, -0.15) is 10.2 Å². The van der Waals surface area contributed by atoms with Crippen molar-refractivity contribution in [1.82, 2.24) is 30.6 Å². The lowest BCUT2D eigenvalue weighted by Gasteiger charge is -2.29. The SMILES string of the molecule is Cc1nn(C)c(C)c1-c1cc(C(=O)NC2CCNCC2C)[nH]n1.Cl. The molecule has 3 rings (SSSR count). The van der Waals surface area contributed by atoms with Gasteiger partial charge in [-0.05, 0) is 45.3 Å². The molecule has 0 saturated carbocycles. The summed E-state index contributed by atoms with van der Waals surface area (Å²) < 4.78 is 1.83. The first-order chi connectivity index (χ1) is 11.0. The van der Waals surface area contributed by atoms with Crippen LogP contribution in [0.5, 0.6) is 0 Å². The molecule has 0 bridgehead atoms. The molecule has 2 atom stereocenters. The number of piperidine rings is 1. The van der Waals surface area contributed by atoms with Gasteiger partial charge in [0.25, 0.3) is 5.91 Å². The average Bonchev–Trinajstić information content (AvgIpc) is 3.07. The Kier molecular flexibility index (Phi) is 5.66. The maximum Gasteiger partial charge on any atom is 0.269 e. The van der Waals surface area contributed by atoms with E-state index in [9.17, 15) is 4.79 Å². The number of H-pyrrole nitrogens is 1. The number of aromatic amines is 1. The maximum absolute atomic E-state index is 12.5. The minimum absolute atomic E-state index is 0. The molecule has 2 aromatic rings. The number of halogens is 1. The Morgan fingerprint density at radius 3 is 2.79 bits per heavy atom. The lowest BCUT2D eigenvalue weighted by molar-refractivity contribution is 0.0909. The van der Waals surface area contributed by atoms with Gasteiger partial charge in [-0.15, -0.1) is 12.4 Å². The van der Waals surface area contributed by atoms with Crippen LogP contribution in [0.15, 0.2) is 6.07 Å². The molecular formula is C16H25ClN6O. The molecule has 7 nitrogen and oxygen atoms in total. The van der Waals surface area contributed by atoms with Gasteiger partial charge in [0, 0.05) is 24.3 Å². The highest BCUT2D eigenvalue weighted by Crippen LogP contribution is 2.25. The third kappa shape index (κ3) is 3.47. The Morgan fingerprint density at radius 2 is 2.17 bits per heavy atom. The summed E-state index contributed by atoms with van der Waals surface area (Å²) in [6.45, 7) is 7.98. The van der Waals surface area contributed by atoms with Crippen LogP contribution in [0.1, 0.15) is 35.2 Å². The Labute approximate surface area is 148 Å². The molecule has 0 aromatic carbocycles. The molecule has 1 saturated heterocycles. The van der Waals surface area contributed by atoms with Gasteiger partial charge in [0.1, 0.15) is 5.69 Å². The lowest BCUT2D eigenvalue weighted by atomic mass is 9.95. The van der Waals surface area contributed by atoms with Crippen molar-refractivity contribution < 1.29 is 4.79 Å². The van der Waals surface area contributed by atoms with Crippen molar-refractivity contribution in [3.05, 3.63) is 23.1 Å². The van der Waals surface area contributed by atoms with Gasteiger partial charge < -0.3 is 10.6 Å². The molecule has 0 radical (unpaired) electrons. The number of aromatic nitrogens is 4. The number of hydrogen-bond acceptors (Lipinski definition) is 4. The van der Waals surface area contributed by atoms with E-state index in [0.717, 1.165) is 42.2 Å². The number of carbonyl (C=O) groups is 1. The van der Waals surface area contributed by atoms with Crippen LogP contribution < -0.4 is 10.6 Å². The molecular weight excluding hydrogens is 328 g/mol. The molecule has 8 heteroatoms. The van der Waals surface area contributed by atoms with E-state index in [-0.39, 0.29) is 24.4 Å². The monoisotopic (exact) mass is 352 g/mol. The molecule has 2 unspecified atom stereocenters. The Bertz CT molecular complexity index is 722. The summed E-state index contributed by atoms with van der Waals surface area (Å²) in [5.74, 6) is 0.333. The van der Waals surface area contributed by atoms with Crippen LogP contribution in [0.4, 0.5) is 0 Å². The highest BCUT2D eigenvalue weighted by Gasteiger charge is 2.24. The summed E-state index contributed by atoms with van der Waals surface area (Å²) in [5.41, 5.74) is 4.19. The van der Waals surface area contributed by atoms with Crippen molar-refractivity contribution in [2.24, 2.45) is 13.0 Å². The largest absolute Gasteiger partial charge is 0.348 e. The zero-order valence-electron chi connectivity index (χ0n) is 14.5. The molecule has 1 aliphatic heterocycles. The first-order valence-corrected chi connectivity index (χ1v) is 8.05. The molecule has 3 N–H and O–H groups in total. The molecule has 0 aliphatic carbocycles. The Balaban J connectivity index is 0.00000208. The van der Waals surface area contributed by atoms with E-state index < -0.39 is 0 Å². The minimum atomic E-state index is -0.0957. The van der Waals surface area contributed by atoms with Gasteiger partial charge in [-0.25, -0.2) is 0 Å². The first kappa shape index (κ1) is 18.5. The number of hydrogen-bond donors (Lipinski definition) is 3. The fraction of sp³-hybridized carbons (Fsp3) is 0.562. The smallest absolute Gasteiger partial charge is 0.269 e. The van der Waals surface area contributed by atoms with Crippen LogP contribution >= 0.6 is 12.4 Å². The van der Waals surface area contributed by atoms with Crippen LogP contribution in [0.3, 0.4) is 0 Å². The van der Waals surface area contributed by atoms with Crippen molar-refractivity contribution >= 4 is 18.3 Å². The van der Waals surface area contributed by atoms with Gasteiger partial charge in [-0.1, -0.05) is 6.92 Å².